The van der Waals surface area contributed by atoms with Gasteiger partial charge in [0, 0.05) is 42.4 Å². The molecule has 0 spiro atoms. The van der Waals surface area contributed by atoms with Crippen LogP contribution in [0.5, 0.6) is 0 Å². The molecule has 0 fully saturated rings. The SMILES string of the molecule is CCCNc1nc(Nc2cccc(F)c2)ncc1C=O.CCCNc1nc(Nc2cccc(F)c2)ncc1CO. The normalized spacial score (nSPS) is 10.2. The number of nitrogens with one attached hydrogen (secondary N) is 4. The van der Waals surface area contributed by atoms with Crippen molar-refractivity contribution in [1.29, 1.82) is 0 Å². The van der Waals surface area contributed by atoms with E-state index in [1.165, 1.54) is 30.5 Å². The minimum absolute atomic E-state index is 0.133. The topological polar surface area (TPSA) is 137 Å². The Kier molecular flexibility index (Phi) is 11.7. The van der Waals surface area contributed by atoms with E-state index >= 15 is 0 Å². The van der Waals surface area contributed by atoms with Gasteiger partial charge in [0.15, 0.2) is 6.29 Å². The molecule has 12 heteroatoms. The van der Waals surface area contributed by atoms with Crippen molar-refractivity contribution < 1.29 is 18.7 Å². The van der Waals surface area contributed by atoms with Crippen molar-refractivity contribution in [3.63, 3.8) is 0 Å². The third-order valence-corrected chi connectivity index (χ3v) is 5.23. The molecule has 0 aliphatic rings. The summed E-state index contributed by atoms with van der Waals surface area (Å²) in [6.07, 6.45) is 5.53. The number of anilines is 6. The molecule has 210 valence electrons. The third kappa shape index (κ3) is 9.24. The van der Waals surface area contributed by atoms with Crippen LogP contribution in [0.2, 0.25) is 0 Å². The Hall–Kier alpha value is -4.71. The maximum absolute atomic E-state index is 13.1. The lowest BCUT2D eigenvalue weighted by atomic mass is 10.3. The highest BCUT2D eigenvalue weighted by molar-refractivity contribution is 5.82. The van der Waals surface area contributed by atoms with E-state index in [0.717, 1.165) is 19.4 Å². The fourth-order valence-electron chi connectivity index (χ4n) is 3.29. The Morgan fingerprint density at radius 1 is 0.800 bits per heavy atom. The van der Waals surface area contributed by atoms with Crippen molar-refractivity contribution in [2.24, 2.45) is 0 Å². The number of hydrogen-bond donors (Lipinski definition) is 5. The first-order valence-electron chi connectivity index (χ1n) is 12.8. The zero-order chi connectivity index (χ0) is 28.7. The summed E-state index contributed by atoms with van der Waals surface area (Å²) >= 11 is 0. The van der Waals surface area contributed by atoms with Crippen LogP contribution in [-0.4, -0.2) is 44.4 Å². The molecular weight excluding hydrogens is 518 g/mol. The Morgan fingerprint density at radius 3 is 1.82 bits per heavy atom. The van der Waals surface area contributed by atoms with Gasteiger partial charge in [-0.25, -0.2) is 18.7 Å². The van der Waals surface area contributed by atoms with E-state index in [1.54, 1.807) is 30.5 Å². The van der Waals surface area contributed by atoms with Crippen LogP contribution in [0.15, 0.2) is 60.9 Å². The van der Waals surface area contributed by atoms with Gasteiger partial charge >= 0.3 is 0 Å². The molecule has 0 saturated carbocycles. The number of rotatable bonds is 12. The van der Waals surface area contributed by atoms with E-state index in [0.29, 0.717) is 58.9 Å². The van der Waals surface area contributed by atoms with Gasteiger partial charge in [-0.3, -0.25) is 4.79 Å². The summed E-state index contributed by atoms with van der Waals surface area (Å²) in [4.78, 5) is 27.5. The van der Waals surface area contributed by atoms with E-state index in [9.17, 15) is 18.7 Å². The zero-order valence-electron chi connectivity index (χ0n) is 22.3. The fourth-order valence-corrected chi connectivity index (χ4v) is 3.29. The zero-order valence-corrected chi connectivity index (χ0v) is 22.3. The van der Waals surface area contributed by atoms with E-state index in [1.807, 2.05) is 13.8 Å². The van der Waals surface area contributed by atoms with Crippen molar-refractivity contribution in [1.82, 2.24) is 19.9 Å². The molecule has 2 heterocycles. The van der Waals surface area contributed by atoms with Gasteiger partial charge in [-0.1, -0.05) is 26.0 Å². The lowest BCUT2D eigenvalue weighted by Gasteiger charge is -2.11. The van der Waals surface area contributed by atoms with Gasteiger partial charge in [0.2, 0.25) is 11.9 Å². The van der Waals surface area contributed by atoms with E-state index in [2.05, 4.69) is 41.2 Å². The summed E-state index contributed by atoms with van der Waals surface area (Å²) in [7, 11) is 0. The molecule has 4 aromatic rings. The smallest absolute Gasteiger partial charge is 0.229 e. The first kappa shape index (κ1) is 29.8. The number of carbonyl (C=O) groups excluding carboxylic acids is 1. The van der Waals surface area contributed by atoms with Crippen LogP contribution in [0.25, 0.3) is 0 Å². The maximum Gasteiger partial charge on any atom is 0.229 e. The first-order valence-corrected chi connectivity index (χ1v) is 12.8. The molecule has 40 heavy (non-hydrogen) atoms. The second-order valence-electron chi connectivity index (χ2n) is 8.47. The van der Waals surface area contributed by atoms with Gasteiger partial charge in [-0.2, -0.15) is 9.97 Å². The molecule has 0 unspecified atom stereocenters. The number of nitrogens with zero attached hydrogens (tertiary/aromatic N) is 4. The quantitative estimate of drug-likeness (QED) is 0.140. The van der Waals surface area contributed by atoms with Gasteiger partial charge in [0.05, 0.1) is 12.2 Å². The molecular formula is C28H32F2N8O2. The molecule has 0 atom stereocenters. The maximum atomic E-state index is 13.1. The molecule has 0 amide bonds. The highest BCUT2D eigenvalue weighted by Gasteiger charge is 2.08. The minimum Gasteiger partial charge on any atom is -0.391 e. The summed E-state index contributed by atoms with van der Waals surface area (Å²) in [6.45, 7) is 5.38. The Morgan fingerprint density at radius 2 is 1.32 bits per heavy atom. The van der Waals surface area contributed by atoms with Crippen LogP contribution in [-0.2, 0) is 6.61 Å². The lowest BCUT2D eigenvalue weighted by molar-refractivity contribution is 0.112. The summed E-state index contributed by atoms with van der Waals surface area (Å²) in [5.74, 6) is 1.04. The van der Waals surface area contributed by atoms with Crippen molar-refractivity contribution in [3.8, 4) is 0 Å². The standard InChI is InChI=1S/C14H17FN4O.C14H15FN4O/c2*1-2-6-16-13-10(9-20)8-17-14(19-13)18-12-5-3-4-11(15)7-12/h3-5,7-8,20H,2,6,9H2,1H3,(H2,16,17,18,19);3-5,7-9H,2,6H2,1H3,(H2,16,17,18,19). The predicted molar refractivity (Wildman–Crippen MR) is 152 cm³/mol. The molecule has 0 bridgehead atoms. The summed E-state index contributed by atoms with van der Waals surface area (Å²) in [6, 6.07) is 12.1. The average Bonchev–Trinajstić information content (AvgIpc) is 2.95. The summed E-state index contributed by atoms with van der Waals surface area (Å²) < 4.78 is 26.2. The van der Waals surface area contributed by atoms with Crippen molar-refractivity contribution in [2.75, 3.05) is 34.4 Å². The van der Waals surface area contributed by atoms with Crippen molar-refractivity contribution in [2.45, 2.75) is 33.3 Å². The third-order valence-electron chi connectivity index (χ3n) is 5.23. The summed E-state index contributed by atoms with van der Waals surface area (Å²) in [5.41, 5.74) is 2.14. The van der Waals surface area contributed by atoms with Crippen LogP contribution < -0.4 is 21.3 Å². The van der Waals surface area contributed by atoms with E-state index in [4.69, 9.17) is 0 Å². The highest BCUT2D eigenvalue weighted by atomic mass is 19.1. The second kappa shape index (κ2) is 15.6. The van der Waals surface area contributed by atoms with Crippen LogP contribution >= 0.6 is 0 Å². The predicted octanol–water partition coefficient (Wildman–Crippen LogP) is 5.67. The molecule has 2 aromatic carbocycles. The lowest BCUT2D eigenvalue weighted by Crippen LogP contribution is -2.08. The first-order chi connectivity index (χ1) is 19.4. The van der Waals surface area contributed by atoms with Crippen LogP contribution in [0, 0.1) is 11.6 Å². The highest BCUT2D eigenvalue weighted by Crippen LogP contribution is 2.19. The van der Waals surface area contributed by atoms with Gasteiger partial charge < -0.3 is 26.4 Å². The number of hydrogen-bond acceptors (Lipinski definition) is 10. The molecule has 0 radical (unpaired) electrons. The Labute approximate surface area is 231 Å². The van der Waals surface area contributed by atoms with Gasteiger partial charge in [0.1, 0.15) is 23.3 Å². The van der Waals surface area contributed by atoms with Gasteiger partial charge in [0.25, 0.3) is 0 Å². The minimum atomic E-state index is -0.344. The van der Waals surface area contributed by atoms with Crippen LogP contribution in [0.4, 0.5) is 43.7 Å². The number of aromatic nitrogens is 4. The molecule has 0 saturated heterocycles. The number of aliphatic hydroxyl groups excluding tert-OH is 1. The number of aldehydes is 1. The fraction of sp³-hybridized carbons (Fsp3) is 0.250. The molecule has 0 aliphatic heterocycles. The molecule has 4 rings (SSSR count). The largest absolute Gasteiger partial charge is 0.391 e. The molecule has 0 aliphatic carbocycles. The van der Waals surface area contributed by atoms with E-state index in [-0.39, 0.29) is 18.2 Å². The number of carbonyl (C=O) groups is 1. The Balaban J connectivity index is 0.000000220. The molecule has 2 aromatic heterocycles. The Bertz CT molecular complexity index is 1390. The number of halogens is 2. The van der Waals surface area contributed by atoms with E-state index < -0.39 is 0 Å². The van der Waals surface area contributed by atoms with Crippen LogP contribution in [0.1, 0.15) is 42.6 Å². The van der Waals surface area contributed by atoms with Crippen molar-refractivity contribution in [3.05, 3.63) is 83.7 Å². The van der Waals surface area contributed by atoms with Gasteiger partial charge in [-0.15, -0.1) is 0 Å². The average molecular weight is 551 g/mol. The van der Waals surface area contributed by atoms with Crippen LogP contribution in [0.3, 0.4) is 0 Å². The number of aliphatic hydroxyl groups is 1. The molecule has 5 N–H and O–H groups in total. The second-order valence-corrected chi connectivity index (χ2v) is 8.47. The molecule has 10 nitrogen and oxygen atoms in total. The van der Waals surface area contributed by atoms with Crippen molar-refractivity contribution >= 4 is 41.2 Å². The monoisotopic (exact) mass is 550 g/mol. The number of benzene rings is 2. The van der Waals surface area contributed by atoms with Gasteiger partial charge in [-0.05, 0) is 49.2 Å². The summed E-state index contributed by atoms with van der Waals surface area (Å²) in [5, 5.41) is 21.2.